The molecule has 0 fully saturated rings. The van der Waals surface area contributed by atoms with Crippen LogP contribution in [0, 0.1) is 0 Å². The molecule has 0 radical (unpaired) electrons. The van der Waals surface area contributed by atoms with Crippen molar-refractivity contribution in [1.82, 2.24) is 14.5 Å². The number of rotatable bonds is 1. The van der Waals surface area contributed by atoms with Gasteiger partial charge in [0, 0.05) is 18.4 Å². The fourth-order valence-corrected chi connectivity index (χ4v) is 1.35. The predicted octanol–water partition coefficient (Wildman–Crippen LogP) is 1.37. The topological polar surface area (TPSA) is 47.8 Å². The fraction of sp³-hybridized carbons (Fsp3) is 0.300. The molecule has 0 spiro atoms. The van der Waals surface area contributed by atoms with Crippen LogP contribution in [0.2, 0.25) is 0 Å². The maximum absolute atomic E-state index is 11.9. The van der Waals surface area contributed by atoms with Gasteiger partial charge in [0.2, 0.25) is 0 Å². The van der Waals surface area contributed by atoms with Crippen LogP contribution in [0.3, 0.4) is 0 Å². The fourth-order valence-electron chi connectivity index (χ4n) is 1.35. The highest BCUT2D eigenvalue weighted by Gasteiger charge is 2.05. The summed E-state index contributed by atoms with van der Waals surface area (Å²) in [5, 5.41) is 0.573. The molecule has 4 heteroatoms. The Hall–Kier alpha value is -1.71. The van der Waals surface area contributed by atoms with Gasteiger partial charge in [-0.1, -0.05) is 0 Å². The Bertz CT molecular complexity index is 516. The third-order valence-corrected chi connectivity index (χ3v) is 2.14. The van der Waals surface area contributed by atoms with Gasteiger partial charge in [-0.05, 0) is 19.9 Å². The molecule has 2 rings (SSSR count). The van der Waals surface area contributed by atoms with E-state index in [2.05, 4.69) is 9.97 Å². The lowest BCUT2D eigenvalue weighted by molar-refractivity contribution is 0.573. The number of fused-ring (bicyclic) bond motifs is 1. The van der Waals surface area contributed by atoms with Crippen molar-refractivity contribution in [3.63, 3.8) is 0 Å². The average molecular weight is 189 g/mol. The molecule has 0 aliphatic heterocycles. The quantitative estimate of drug-likeness (QED) is 0.680. The summed E-state index contributed by atoms with van der Waals surface area (Å²) in [5.74, 6) is 0. The Balaban J connectivity index is 2.82. The minimum atomic E-state index is -0.0295. The lowest BCUT2D eigenvalue weighted by atomic mass is 10.3. The van der Waals surface area contributed by atoms with E-state index in [1.54, 1.807) is 29.4 Å². The van der Waals surface area contributed by atoms with Gasteiger partial charge >= 0.3 is 0 Å². The van der Waals surface area contributed by atoms with Crippen LogP contribution in [-0.4, -0.2) is 14.5 Å². The molecule has 4 nitrogen and oxygen atoms in total. The maximum atomic E-state index is 11.9. The van der Waals surface area contributed by atoms with Gasteiger partial charge in [0.25, 0.3) is 5.56 Å². The van der Waals surface area contributed by atoms with Gasteiger partial charge in [0.1, 0.15) is 0 Å². The zero-order chi connectivity index (χ0) is 10.1. The van der Waals surface area contributed by atoms with E-state index in [1.165, 1.54) is 0 Å². The van der Waals surface area contributed by atoms with Gasteiger partial charge in [0.15, 0.2) is 0 Å². The Morgan fingerprint density at radius 2 is 2.21 bits per heavy atom. The van der Waals surface area contributed by atoms with Crippen molar-refractivity contribution in [2.75, 3.05) is 0 Å². The van der Waals surface area contributed by atoms with Crippen molar-refractivity contribution in [2.45, 2.75) is 19.9 Å². The van der Waals surface area contributed by atoms with Crippen LogP contribution in [0.15, 0.2) is 29.6 Å². The van der Waals surface area contributed by atoms with E-state index in [9.17, 15) is 4.79 Å². The molecule has 0 saturated carbocycles. The summed E-state index contributed by atoms with van der Waals surface area (Å²) in [7, 11) is 0. The molecule has 0 bridgehead atoms. The van der Waals surface area contributed by atoms with Crippen molar-refractivity contribution < 1.29 is 0 Å². The summed E-state index contributed by atoms with van der Waals surface area (Å²) in [4.78, 5) is 20.0. The van der Waals surface area contributed by atoms with E-state index < -0.39 is 0 Å². The van der Waals surface area contributed by atoms with E-state index in [0.717, 1.165) is 0 Å². The van der Waals surface area contributed by atoms with E-state index in [4.69, 9.17) is 0 Å². The van der Waals surface area contributed by atoms with Gasteiger partial charge in [-0.25, -0.2) is 4.98 Å². The molecule has 0 atom stereocenters. The molecule has 0 aliphatic rings. The molecule has 0 amide bonds. The third-order valence-electron chi connectivity index (χ3n) is 2.14. The zero-order valence-electron chi connectivity index (χ0n) is 8.14. The normalized spacial score (nSPS) is 11.1. The van der Waals surface area contributed by atoms with Crippen molar-refractivity contribution in [3.05, 3.63) is 35.1 Å². The van der Waals surface area contributed by atoms with Crippen LogP contribution in [0.4, 0.5) is 0 Å². The first-order valence-electron chi connectivity index (χ1n) is 4.51. The van der Waals surface area contributed by atoms with Crippen molar-refractivity contribution in [3.8, 4) is 0 Å². The summed E-state index contributed by atoms with van der Waals surface area (Å²) in [6.07, 6.45) is 4.77. The van der Waals surface area contributed by atoms with Crippen LogP contribution in [0.5, 0.6) is 0 Å². The molecule has 0 aromatic carbocycles. The molecular weight excluding hydrogens is 178 g/mol. The Morgan fingerprint density at radius 3 is 2.93 bits per heavy atom. The molecule has 0 aliphatic carbocycles. The summed E-state index contributed by atoms with van der Waals surface area (Å²) in [6.45, 7) is 3.90. The number of nitrogens with zero attached hydrogens (tertiary/aromatic N) is 3. The second-order valence-electron chi connectivity index (χ2n) is 3.44. The molecule has 0 saturated heterocycles. The SMILES string of the molecule is CC(C)n1cnc2ccncc2c1=O. The second kappa shape index (κ2) is 3.21. The second-order valence-corrected chi connectivity index (χ2v) is 3.44. The van der Waals surface area contributed by atoms with Gasteiger partial charge < -0.3 is 0 Å². The smallest absolute Gasteiger partial charge is 0.262 e. The summed E-state index contributed by atoms with van der Waals surface area (Å²) in [5.41, 5.74) is 0.667. The minimum Gasteiger partial charge on any atom is -0.296 e. The highest BCUT2D eigenvalue weighted by molar-refractivity contribution is 5.75. The molecule has 72 valence electrons. The first-order chi connectivity index (χ1) is 6.70. The molecule has 2 heterocycles. The Labute approximate surface area is 81.2 Å². The van der Waals surface area contributed by atoms with Crippen molar-refractivity contribution in [2.24, 2.45) is 0 Å². The summed E-state index contributed by atoms with van der Waals surface area (Å²) < 4.78 is 1.60. The standard InChI is InChI=1S/C10H11N3O/c1-7(2)13-6-12-9-3-4-11-5-8(9)10(13)14/h3-7H,1-2H3. The summed E-state index contributed by atoms with van der Waals surface area (Å²) >= 11 is 0. The highest BCUT2D eigenvalue weighted by Crippen LogP contribution is 2.05. The molecule has 2 aromatic heterocycles. The number of hydrogen-bond acceptors (Lipinski definition) is 3. The first-order valence-corrected chi connectivity index (χ1v) is 4.51. The largest absolute Gasteiger partial charge is 0.296 e. The number of aromatic nitrogens is 3. The lowest BCUT2D eigenvalue weighted by Crippen LogP contribution is -2.22. The van der Waals surface area contributed by atoms with E-state index in [1.807, 2.05) is 13.8 Å². The molecule has 14 heavy (non-hydrogen) atoms. The van der Waals surface area contributed by atoms with Crippen molar-refractivity contribution >= 4 is 10.9 Å². The van der Waals surface area contributed by atoms with Crippen LogP contribution in [0.25, 0.3) is 10.9 Å². The predicted molar refractivity (Wildman–Crippen MR) is 54.2 cm³/mol. The minimum absolute atomic E-state index is 0.0295. The highest BCUT2D eigenvalue weighted by atomic mass is 16.1. The maximum Gasteiger partial charge on any atom is 0.262 e. The molecule has 0 N–H and O–H groups in total. The van der Waals surface area contributed by atoms with Gasteiger partial charge in [-0.3, -0.25) is 14.3 Å². The molecular formula is C10H11N3O. The monoisotopic (exact) mass is 189 g/mol. The average Bonchev–Trinajstić information content (AvgIpc) is 2.18. The van der Waals surface area contributed by atoms with E-state index in [0.29, 0.717) is 10.9 Å². The summed E-state index contributed by atoms with van der Waals surface area (Å²) in [6, 6.07) is 1.86. The van der Waals surface area contributed by atoms with Crippen LogP contribution < -0.4 is 5.56 Å². The molecule has 2 aromatic rings. The first kappa shape index (κ1) is 8.87. The number of pyridine rings is 1. The number of hydrogen-bond donors (Lipinski definition) is 0. The van der Waals surface area contributed by atoms with E-state index >= 15 is 0 Å². The third kappa shape index (κ3) is 1.28. The van der Waals surface area contributed by atoms with Crippen molar-refractivity contribution in [1.29, 1.82) is 0 Å². The van der Waals surface area contributed by atoms with Gasteiger partial charge in [0.05, 0.1) is 17.2 Å². The molecule has 0 unspecified atom stereocenters. The zero-order valence-corrected chi connectivity index (χ0v) is 8.14. The van der Waals surface area contributed by atoms with E-state index in [-0.39, 0.29) is 11.6 Å². The van der Waals surface area contributed by atoms with Crippen LogP contribution in [0.1, 0.15) is 19.9 Å². The van der Waals surface area contributed by atoms with Crippen LogP contribution >= 0.6 is 0 Å². The van der Waals surface area contributed by atoms with Crippen LogP contribution in [-0.2, 0) is 0 Å². The Morgan fingerprint density at radius 1 is 1.43 bits per heavy atom. The van der Waals surface area contributed by atoms with Gasteiger partial charge in [-0.15, -0.1) is 0 Å². The van der Waals surface area contributed by atoms with Gasteiger partial charge in [-0.2, -0.15) is 0 Å². The Kier molecular flexibility index (Phi) is 2.04. The lowest BCUT2D eigenvalue weighted by Gasteiger charge is -2.08.